The zero-order chi connectivity index (χ0) is 14.5. The van der Waals surface area contributed by atoms with Crippen LogP contribution in [-0.2, 0) is 6.54 Å². The van der Waals surface area contributed by atoms with E-state index in [1.165, 1.54) is 12.0 Å². The first-order chi connectivity index (χ1) is 10.3. The average Bonchev–Trinajstić information content (AvgIpc) is 2.99. The standard InChI is InChI=1S/C17H22N4/c1-2-18-17-11-19-16(10-20-17)13-21-9-8-15(12-21)14-6-4-3-5-7-14/h3-7,10-11,15H,2,8-9,12-13H2,1H3,(H,18,20). The van der Waals surface area contributed by atoms with Gasteiger partial charge in [0.2, 0.25) is 0 Å². The number of benzene rings is 1. The Morgan fingerprint density at radius 2 is 2.05 bits per heavy atom. The number of aromatic nitrogens is 2. The molecule has 0 bridgehead atoms. The fraction of sp³-hybridized carbons (Fsp3) is 0.412. The van der Waals surface area contributed by atoms with Crippen molar-refractivity contribution in [3.8, 4) is 0 Å². The highest BCUT2D eigenvalue weighted by atomic mass is 15.2. The second-order valence-electron chi connectivity index (χ2n) is 5.55. The maximum absolute atomic E-state index is 4.49. The van der Waals surface area contributed by atoms with Gasteiger partial charge in [0.05, 0.1) is 18.1 Å². The SMILES string of the molecule is CCNc1cnc(CN2CCC(c3ccccc3)C2)cn1. The van der Waals surface area contributed by atoms with E-state index in [9.17, 15) is 0 Å². The quantitative estimate of drug-likeness (QED) is 0.915. The maximum atomic E-state index is 4.49. The number of likely N-dealkylation sites (tertiary alicyclic amines) is 1. The summed E-state index contributed by atoms with van der Waals surface area (Å²) >= 11 is 0. The zero-order valence-corrected chi connectivity index (χ0v) is 12.5. The summed E-state index contributed by atoms with van der Waals surface area (Å²) in [4.78, 5) is 11.3. The van der Waals surface area contributed by atoms with Crippen molar-refractivity contribution in [1.29, 1.82) is 0 Å². The molecule has 1 N–H and O–H groups in total. The van der Waals surface area contributed by atoms with Gasteiger partial charge in [-0.05, 0) is 31.4 Å². The van der Waals surface area contributed by atoms with Crippen LogP contribution in [0.5, 0.6) is 0 Å². The van der Waals surface area contributed by atoms with Gasteiger partial charge in [0, 0.05) is 19.6 Å². The Morgan fingerprint density at radius 1 is 1.19 bits per heavy atom. The molecule has 3 rings (SSSR count). The molecule has 2 aromatic rings. The van der Waals surface area contributed by atoms with E-state index in [1.807, 2.05) is 12.4 Å². The van der Waals surface area contributed by atoms with Crippen molar-refractivity contribution in [2.75, 3.05) is 25.0 Å². The third kappa shape index (κ3) is 3.58. The number of rotatable bonds is 5. The van der Waals surface area contributed by atoms with Crippen LogP contribution in [-0.4, -0.2) is 34.5 Å². The van der Waals surface area contributed by atoms with Crippen LogP contribution in [0, 0.1) is 0 Å². The molecule has 1 aliphatic rings. The molecule has 0 aliphatic carbocycles. The lowest BCUT2D eigenvalue weighted by Gasteiger charge is -2.15. The third-order valence-corrected chi connectivity index (χ3v) is 3.99. The zero-order valence-electron chi connectivity index (χ0n) is 12.5. The van der Waals surface area contributed by atoms with Gasteiger partial charge in [-0.2, -0.15) is 0 Å². The molecule has 1 saturated heterocycles. The van der Waals surface area contributed by atoms with Gasteiger partial charge < -0.3 is 5.32 Å². The first-order valence-electron chi connectivity index (χ1n) is 7.67. The van der Waals surface area contributed by atoms with Gasteiger partial charge in [-0.1, -0.05) is 30.3 Å². The van der Waals surface area contributed by atoms with Crippen molar-refractivity contribution in [2.24, 2.45) is 0 Å². The van der Waals surface area contributed by atoms with E-state index >= 15 is 0 Å². The predicted molar refractivity (Wildman–Crippen MR) is 85.3 cm³/mol. The minimum Gasteiger partial charge on any atom is -0.369 e. The number of nitrogens with zero attached hydrogens (tertiary/aromatic N) is 3. The lowest BCUT2D eigenvalue weighted by atomic mass is 9.99. The second kappa shape index (κ2) is 6.68. The molecule has 4 nitrogen and oxygen atoms in total. The highest BCUT2D eigenvalue weighted by molar-refractivity contribution is 5.30. The van der Waals surface area contributed by atoms with Crippen LogP contribution in [0.1, 0.15) is 30.5 Å². The van der Waals surface area contributed by atoms with Crippen molar-refractivity contribution < 1.29 is 0 Å². The van der Waals surface area contributed by atoms with Crippen molar-refractivity contribution in [2.45, 2.75) is 25.8 Å². The monoisotopic (exact) mass is 282 g/mol. The summed E-state index contributed by atoms with van der Waals surface area (Å²) in [6, 6.07) is 10.8. The molecule has 110 valence electrons. The molecule has 0 saturated carbocycles. The molecular formula is C17H22N4. The lowest BCUT2D eigenvalue weighted by Crippen LogP contribution is -2.20. The summed E-state index contributed by atoms with van der Waals surface area (Å²) in [5.74, 6) is 1.50. The van der Waals surface area contributed by atoms with E-state index in [4.69, 9.17) is 0 Å². The summed E-state index contributed by atoms with van der Waals surface area (Å²) in [6.45, 7) is 6.07. The van der Waals surface area contributed by atoms with E-state index in [1.54, 1.807) is 0 Å². The molecule has 1 aromatic heterocycles. The maximum Gasteiger partial charge on any atom is 0.144 e. The summed E-state index contributed by atoms with van der Waals surface area (Å²) in [5, 5.41) is 3.17. The molecule has 1 aromatic carbocycles. The van der Waals surface area contributed by atoms with Crippen molar-refractivity contribution >= 4 is 5.82 Å². The van der Waals surface area contributed by atoms with Gasteiger partial charge in [-0.3, -0.25) is 9.88 Å². The van der Waals surface area contributed by atoms with Crippen LogP contribution in [0.4, 0.5) is 5.82 Å². The van der Waals surface area contributed by atoms with E-state index in [2.05, 4.69) is 57.4 Å². The average molecular weight is 282 g/mol. The third-order valence-electron chi connectivity index (χ3n) is 3.99. The largest absolute Gasteiger partial charge is 0.369 e. The van der Waals surface area contributed by atoms with Gasteiger partial charge in [0.15, 0.2) is 0 Å². The number of hydrogen-bond donors (Lipinski definition) is 1. The van der Waals surface area contributed by atoms with Gasteiger partial charge in [-0.25, -0.2) is 4.98 Å². The van der Waals surface area contributed by atoms with Gasteiger partial charge >= 0.3 is 0 Å². The molecule has 0 spiro atoms. The van der Waals surface area contributed by atoms with E-state index < -0.39 is 0 Å². The van der Waals surface area contributed by atoms with Crippen molar-refractivity contribution in [3.05, 3.63) is 54.0 Å². The lowest BCUT2D eigenvalue weighted by molar-refractivity contribution is 0.322. The minimum atomic E-state index is 0.653. The molecule has 21 heavy (non-hydrogen) atoms. The van der Waals surface area contributed by atoms with Crippen LogP contribution in [0.15, 0.2) is 42.7 Å². The normalized spacial score (nSPS) is 18.8. The summed E-state index contributed by atoms with van der Waals surface area (Å²) in [7, 11) is 0. The first-order valence-corrected chi connectivity index (χ1v) is 7.67. The Balaban J connectivity index is 1.57. The van der Waals surface area contributed by atoms with E-state index in [-0.39, 0.29) is 0 Å². The Bertz CT molecular complexity index is 553. The van der Waals surface area contributed by atoms with Gasteiger partial charge in [0.1, 0.15) is 5.82 Å². The summed E-state index contributed by atoms with van der Waals surface area (Å²) in [6.07, 6.45) is 4.93. The topological polar surface area (TPSA) is 41.1 Å². The van der Waals surface area contributed by atoms with Crippen molar-refractivity contribution in [3.63, 3.8) is 0 Å². The molecule has 2 heterocycles. The van der Waals surface area contributed by atoms with Crippen molar-refractivity contribution in [1.82, 2.24) is 14.9 Å². The Hall–Kier alpha value is -1.94. The molecule has 0 amide bonds. The molecule has 0 radical (unpaired) electrons. The Labute approximate surface area is 126 Å². The minimum absolute atomic E-state index is 0.653. The van der Waals surface area contributed by atoms with Gasteiger partial charge in [0.25, 0.3) is 0 Å². The highest BCUT2D eigenvalue weighted by Gasteiger charge is 2.23. The first kappa shape index (κ1) is 14.0. The number of nitrogens with one attached hydrogen (secondary N) is 1. The van der Waals surface area contributed by atoms with Crippen LogP contribution < -0.4 is 5.32 Å². The highest BCUT2D eigenvalue weighted by Crippen LogP contribution is 2.27. The number of hydrogen-bond acceptors (Lipinski definition) is 4. The molecule has 4 heteroatoms. The van der Waals surface area contributed by atoms with Crippen LogP contribution in [0.3, 0.4) is 0 Å². The van der Waals surface area contributed by atoms with Crippen LogP contribution in [0.25, 0.3) is 0 Å². The fourth-order valence-corrected chi connectivity index (χ4v) is 2.91. The molecule has 1 unspecified atom stereocenters. The predicted octanol–water partition coefficient (Wildman–Crippen LogP) is 2.90. The molecule has 1 fully saturated rings. The number of anilines is 1. The second-order valence-corrected chi connectivity index (χ2v) is 5.55. The Kier molecular flexibility index (Phi) is 4.46. The smallest absolute Gasteiger partial charge is 0.144 e. The molecule has 1 atom stereocenters. The fourth-order valence-electron chi connectivity index (χ4n) is 2.91. The van der Waals surface area contributed by atoms with E-state index in [0.717, 1.165) is 37.7 Å². The van der Waals surface area contributed by atoms with Crippen LogP contribution >= 0.6 is 0 Å². The Morgan fingerprint density at radius 3 is 2.76 bits per heavy atom. The summed E-state index contributed by atoms with van der Waals surface area (Å²) < 4.78 is 0. The summed E-state index contributed by atoms with van der Waals surface area (Å²) in [5.41, 5.74) is 2.50. The van der Waals surface area contributed by atoms with Gasteiger partial charge in [-0.15, -0.1) is 0 Å². The molecule has 1 aliphatic heterocycles. The molecular weight excluding hydrogens is 260 g/mol. The van der Waals surface area contributed by atoms with Crippen LogP contribution in [0.2, 0.25) is 0 Å². The van der Waals surface area contributed by atoms with E-state index in [0.29, 0.717) is 5.92 Å².